The lowest BCUT2D eigenvalue weighted by molar-refractivity contribution is -0.141. The number of nitrogens with zero attached hydrogens (tertiary/aromatic N) is 1. The van der Waals surface area contributed by atoms with Crippen LogP contribution in [-0.2, 0) is 9.53 Å². The van der Waals surface area contributed by atoms with Crippen LogP contribution in [0.4, 0.5) is 5.69 Å². The van der Waals surface area contributed by atoms with Crippen LogP contribution in [-0.4, -0.2) is 37.5 Å². The van der Waals surface area contributed by atoms with E-state index in [2.05, 4.69) is 4.74 Å². The summed E-state index contributed by atoms with van der Waals surface area (Å²) < 4.78 is 4.47. The fourth-order valence-electron chi connectivity index (χ4n) is 1.29. The van der Waals surface area contributed by atoms with Gasteiger partial charge in [0.2, 0.25) is 0 Å². The van der Waals surface area contributed by atoms with Gasteiger partial charge in [-0.1, -0.05) is 11.6 Å². The Balaban J connectivity index is 2.85. The van der Waals surface area contributed by atoms with Crippen LogP contribution in [0.25, 0.3) is 0 Å². The first-order valence-electron chi connectivity index (χ1n) is 4.82. The molecule has 0 saturated carbocycles. The molecular weight excluding hydrogens is 244 g/mol. The van der Waals surface area contributed by atoms with E-state index in [1.54, 1.807) is 6.07 Å². The zero-order valence-corrected chi connectivity index (χ0v) is 10.3. The maximum atomic E-state index is 11.9. The van der Waals surface area contributed by atoms with Crippen LogP contribution in [0.15, 0.2) is 18.2 Å². The van der Waals surface area contributed by atoms with E-state index in [1.165, 1.54) is 31.2 Å². The highest BCUT2D eigenvalue weighted by Crippen LogP contribution is 2.17. The van der Waals surface area contributed by atoms with Crippen molar-refractivity contribution in [3.63, 3.8) is 0 Å². The van der Waals surface area contributed by atoms with Crippen LogP contribution >= 0.6 is 11.6 Å². The maximum absolute atomic E-state index is 11.9. The van der Waals surface area contributed by atoms with Crippen molar-refractivity contribution in [2.75, 3.05) is 26.4 Å². The number of nitrogen functional groups attached to an aromatic ring is 1. The number of halogens is 1. The van der Waals surface area contributed by atoms with Gasteiger partial charge in [0.15, 0.2) is 0 Å². The van der Waals surface area contributed by atoms with Gasteiger partial charge in [0, 0.05) is 23.3 Å². The van der Waals surface area contributed by atoms with Gasteiger partial charge in [0.1, 0.15) is 6.54 Å². The normalized spacial score (nSPS) is 9.82. The molecule has 2 N–H and O–H groups in total. The molecule has 0 fully saturated rings. The molecule has 1 amide bonds. The first kappa shape index (κ1) is 13.3. The van der Waals surface area contributed by atoms with Crippen LogP contribution in [0.5, 0.6) is 0 Å². The molecule has 0 radical (unpaired) electrons. The second-order valence-corrected chi connectivity index (χ2v) is 3.95. The van der Waals surface area contributed by atoms with Gasteiger partial charge in [-0.2, -0.15) is 0 Å². The number of rotatable bonds is 3. The third-order valence-electron chi connectivity index (χ3n) is 2.11. The number of esters is 1. The largest absolute Gasteiger partial charge is 0.468 e. The van der Waals surface area contributed by atoms with E-state index in [-0.39, 0.29) is 12.5 Å². The molecule has 1 aromatic rings. The molecule has 92 valence electrons. The van der Waals surface area contributed by atoms with Crippen LogP contribution in [0.3, 0.4) is 0 Å². The summed E-state index contributed by atoms with van der Waals surface area (Å²) in [6, 6.07) is 4.54. The minimum atomic E-state index is -0.490. The number of carbonyl (C=O) groups is 2. The third-order valence-corrected chi connectivity index (χ3v) is 2.33. The van der Waals surface area contributed by atoms with Crippen molar-refractivity contribution in [1.82, 2.24) is 4.90 Å². The van der Waals surface area contributed by atoms with E-state index in [0.717, 1.165) is 0 Å². The molecule has 5 nitrogen and oxygen atoms in total. The minimum Gasteiger partial charge on any atom is -0.468 e. The van der Waals surface area contributed by atoms with Crippen LogP contribution < -0.4 is 5.73 Å². The number of hydrogen-bond donors (Lipinski definition) is 1. The van der Waals surface area contributed by atoms with Crippen molar-refractivity contribution >= 4 is 29.2 Å². The maximum Gasteiger partial charge on any atom is 0.325 e. The minimum absolute atomic E-state index is 0.123. The lowest BCUT2D eigenvalue weighted by atomic mass is 10.2. The smallest absolute Gasteiger partial charge is 0.325 e. The quantitative estimate of drug-likeness (QED) is 0.651. The number of ether oxygens (including phenoxy) is 1. The molecule has 0 saturated heterocycles. The number of likely N-dealkylation sites (N-methyl/N-ethyl adjacent to an activating group) is 1. The summed E-state index contributed by atoms with van der Waals surface area (Å²) in [7, 11) is 2.76. The summed E-state index contributed by atoms with van der Waals surface area (Å²) >= 11 is 5.79. The third kappa shape index (κ3) is 3.64. The number of nitrogens with two attached hydrogens (primary N) is 1. The standard InChI is InChI=1S/C11H13ClN2O3/c1-14(6-10(15)17-2)11(16)7-3-8(12)5-9(13)4-7/h3-5H,6,13H2,1-2H3. The highest BCUT2D eigenvalue weighted by molar-refractivity contribution is 6.31. The highest BCUT2D eigenvalue weighted by Gasteiger charge is 2.15. The molecule has 0 aliphatic carbocycles. The molecule has 0 aliphatic heterocycles. The van der Waals surface area contributed by atoms with Gasteiger partial charge in [-0.25, -0.2) is 0 Å². The molecular formula is C11H13ClN2O3. The van der Waals surface area contributed by atoms with Crippen LogP contribution in [0.1, 0.15) is 10.4 Å². The van der Waals surface area contributed by atoms with E-state index < -0.39 is 5.97 Å². The Morgan fingerprint density at radius 2 is 2.06 bits per heavy atom. The molecule has 0 unspecified atom stereocenters. The van der Waals surface area contributed by atoms with Gasteiger partial charge in [-0.05, 0) is 18.2 Å². The lowest BCUT2D eigenvalue weighted by Gasteiger charge is -2.15. The summed E-state index contributed by atoms with van der Waals surface area (Å²) in [6.45, 7) is -0.123. The average Bonchev–Trinajstić information content (AvgIpc) is 2.26. The summed E-state index contributed by atoms with van der Waals surface area (Å²) in [5, 5.41) is 0.375. The van der Waals surface area contributed by atoms with Crippen molar-refractivity contribution in [3.05, 3.63) is 28.8 Å². The number of carbonyl (C=O) groups excluding carboxylic acids is 2. The van der Waals surface area contributed by atoms with Gasteiger partial charge in [0.05, 0.1) is 7.11 Å². The number of anilines is 1. The molecule has 0 aliphatic rings. The summed E-state index contributed by atoms with van der Waals surface area (Å²) in [5.41, 5.74) is 6.31. The zero-order valence-electron chi connectivity index (χ0n) is 9.57. The number of benzene rings is 1. The Morgan fingerprint density at radius 3 is 2.59 bits per heavy atom. The van der Waals surface area contributed by atoms with Crippen molar-refractivity contribution in [2.45, 2.75) is 0 Å². The first-order chi connectivity index (χ1) is 7.93. The summed E-state index contributed by atoms with van der Waals surface area (Å²) in [5.74, 6) is -0.833. The Kier molecular flexibility index (Phi) is 4.34. The predicted molar refractivity (Wildman–Crippen MR) is 64.8 cm³/mol. The summed E-state index contributed by atoms with van der Waals surface area (Å²) in [6.07, 6.45) is 0. The SMILES string of the molecule is COC(=O)CN(C)C(=O)c1cc(N)cc(Cl)c1. The van der Waals surface area contributed by atoms with Gasteiger partial charge in [-0.15, -0.1) is 0 Å². The fourth-order valence-corrected chi connectivity index (χ4v) is 1.53. The fraction of sp³-hybridized carbons (Fsp3) is 0.273. The lowest BCUT2D eigenvalue weighted by Crippen LogP contribution is -2.32. The molecule has 1 aromatic carbocycles. The van der Waals surface area contributed by atoms with E-state index in [4.69, 9.17) is 17.3 Å². The van der Waals surface area contributed by atoms with Gasteiger partial charge < -0.3 is 15.4 Å². The van der Waals surface area contributed by atoms with Crippen LogP contribution in [0, 0.1) is 0 Å². The molecule has 1 rings (SSSR count). The molecule has 17 heavy (non-hydrogen) atoms. The van der Waals surface area contributed by atoms with Crippen molar-refractivity contribution in [1.29, 1.82) is 0 Å². The van der Waals surface area contributed by atoms with Gasteiger partial charge in [0.25, 0.3) is 5.91 Å². The van der Waals surface area contributed by atoms with Gasteiger partial charge in [-0.3, -0.25) is 9.59 Å². The Bertz CT molecular complexity index is 428. The second-order valence-electron chi connectivity index (χ2n) is 3.51. The molecule has 0 bridgehead atoms. The molecule has 0 spiro atoms. The molecule has 0 heterocycles. The molecule has 6 heteroatoms. The topological polar surface area (TPSA) is 72.6 Å². The van der Waals surface area contributed by atoms with Crippen LogP contribution in [0.2, 0.25) is 5.02 Å². The Morgan fingerprint density at radius 1 is 1.41 bits per heavy atom. The number of amides is 1. The number of methoxy groups -OCH3 is 1. The predicted octanol–water partition coefficient (Wildman–Crippen LogP) is 1.17. The second kappa shape index (κ2) is 5.54. The first-order valence-corrected chi connectivity index (χ1v) is 5.20. The van der Waals surface area contributed by atoms with E-state index in [0.29, 0.717) is 16.3 Å². The van der Waals surface area contributed by atoms with E-state index in [1.807, 2.05) is 0 Å². The van der Waals surface area contributed by atoms with Crippen molar-refractivity contribution in [2.24, 2.45) is 0 Å². The van der Waals surface area contributed by atoms with Crippen molar-refractivity contribution < 1.29 is 14.3 Å². The van der Waals surface area contributed by atoms with Crippen molar-refractivity contribution in [3.8, 4) is 0 Å². The van der Waals surface area contributed by atoms with E-state index >= 15 is 0 Å². The highest BCUT2D eigenvalue weighted by atomic mass is 35.5. The number of hydrogen-bond acceptors (Lipinski definition) is 4. The molecule has 0 aromatic heterocycles. The Hall–Kier alpha value is -1.75. The summed E-state index contributed by atoms with van der Waals surface area (Å²) in [4.78, 5) is 24.2. The molecule has 0 atom stereocenters. The average molecular weight is 257 g/mol. The van der Waals surface area contributed by atoms with Gasteiger partial charge >= 0.3 is 5.97 Å². The zero-order chi connectivity index (χ0) is 13.0. The Labute approximate surface area is 104 Å². The monoisotopic (exact) mass is 256 g/mol. The van der Waals surface area contributed by atoms with E-state index in [9.17, 15) is 9.59 Å².